The summed E-state index contributed by atoms with van der Waals surface area (Å²) in [7, 11) is 0. The summed E-state index contributed by atoms with van der Waals surface area (Å²) < 4.78 is 0. The Labute approximate surface area is 94.1 Å². The molecule has 0 aliphatic heterocycles. The van der Waals surface area contributed by atoms with Crippen LogP contribution in [0.1, 0.15) is 20.8 Å². The topological polar surface area (TPSA) is 73.8 Å². The maximum Gasteiger partial charge on any atom is 0.183 e. The lowest BCUT2D eigenvalue weighted by atomic mass is 10.1. The van der Waals surface area contributed by atoms with Crippen molar-refractivity contribution in [2.75, 3.05) is 12.4 Å². The van der Waals surface area contributed by atoms with E-state index in [0.29, 0.717) is 6.04 Å². The average Bonchev–Trinajstić information content (AvgIpc) is 2.66. The summed E-state index contributed by atoms with van der Waals surface area (Å²) in [6.45, 7) is 6.22. The van der Waals surface area contributed by atoms with Crippen LogP contribution in [-0.4, -0.2) is 44.2 Å². The first-order valence-corrected chi connectivity index (χ1v) is 5.91. The van der Waals surface area contributed by atoms with Crippen LogP contribution in [0.4, 0.5) is 0 Å². The van der Waals surface area contributed by atoms with Crippen molar-refractivity contribution in [2.45, 2.75) is 37.5 Å². The molecule has 0 amide bonds. The summed E-state index contributed by atoms with van der Waals surface area (Å²) in [6.07, 6.45) is 1.48. The van der Waals surface area contributed by atoms with Crippen LogP contribution in [0, 0.1) is 0 Å². The van der Waals surface area contributed by atoms with Crippen molar-refractivity contribution in [1.82, 2.24) is 20.5 Å². The average molecular weight is 230 g/mol. The van der Waals surface area contributed by atoms with E-state index in [2.05, 4.69) is 34.3 Å². The Balaban J connectivity index is 2.45. The Morgan fingerprint density at radius 3 is 2.87 bits per heavy atom. The first kappa shape index (κ1) is 12.5. The number of H-pyrrole nitrogens is 1. The second-order valence-corrected chi connectivity index (χ2v) is 5.06. The monoisotopic (exact) mass is 230 g/mol. The number of nitrogens with one attached hydrogen (secondary N) is 2. The molecule has 1 heterocycles. The lowest BCUT2D eigenvalue weighted by Gasteiger charge is -2.30. The molecule has 0 fully saturated rings. The molecule has 6 heteroatoms. The van der Waals surface area contributed by atoms with Gasteiger partial charge >= 0.3 is 0 Å². The highest BCUT2D eigenvalue weighted by Gasteiger charge is 2.24. The molecule has 1 atom stereocenters. The third-order valence-corrected chi connectivity index (χ3v) is 3.16. The highest BCUT2D eigenvalue weighted by Crippen LogP contribution is 2.18. The van der Waals surface area contributed by atoms with Crippen molar-refractivity contribution in [3.8, 4) is 0 Å². The molecule has 3 N–H and O–H groups in total. The zero-order chi connectivity index (χ0) is 11.3. The van der Waals surface area contributed by atoms with Crippen molar-refractivity contribution in [1.29, 1.82) is 0 Å². The van der Waals surface area contributed by atoms with Crippen molar-refractivity contribution in [3.63, 3.8) is 0 Å². The first-order valence-electron chi connectivity index (χ1n) is 4.92. The number of aromatic nitrogens is 3. The molecule has 0 saturated carbocycles. The lowest BCUT2D eigenvalue weighted by Crippen LogP contribution is -2.51. The van der Waals surface area contributed by atoms with Crippen LogP contribution in [0.3, 0.4) is 0 Å². The highest BCUT2D eigenvalue weighted by molar-refractivity contribution is 7.99. The molecule has 0 saturated heterocycles. The number of hydrogen-bond donors (Lipinski definition) is 3. The third kappa shape index (κ3) is 4.19. The highest BCUT2D eigenvalue weighted by atomic mass is 32.2. The summed E-state index contributed by atoms with van der Waals surface area (Å²) in [5.74, 6) is 0.747. The SMILES string of the molecule is CC(C)NC(C)(CO)CSc1ncn[nH]1. The van der Waals surface area contributed by atoms with Gasteiger partial charge in [-0.1, -0.05) is 25.6 Å². The molecule has 1 aromatic heterocycles. The van der Waals surface area contributed by atoms with E-state index < -0.39 is 0 Å². The van der Waals surface area contributed by atoms with E-state index in [1.165, 1.54) is 6.33 Å². The number of rotatable bonds is 6. The molecule has 1 aromatic rings. The number of aliphatic hydroxyl groups excluding tert-OH is 1. The molecule has 15 heavy (non-hydrogen) atoms. The molecule has 0 radical (unpaired) electrons. The Morgan fingerprint density at radius 2 is 2.40 bits per heavy atom. The maximum absolute atomic E-state index is 9.34. The van der Waals surface area contributed by atoms with Crippen LogP contribution in [0.15, 0.2) is 11.5 Å². The molecule has 1 unspecified atom stereocenters. The van der Waals surface area contributed by atoms with Crippen LogP contribution >= 0.6 is 11.8 Å². The normalized spacial score (nSPS) is 15.5. The predicted octanol–water partition coefficient (Wildman–Crippen LogP) is 0.646. The van der Waals surface area contributed by atoms with Gasteiger partial charge in [0.05, 0.1) is 6.61 Å². The van der Waals surface area contributed by atoms with Gasteiger partial charge < -0.3 is 10.4 Å². The van der Waals surface area contributed by atoms with Gasteiger partial charge in [0.2, 0.25) is 0 Å². The van der Waals surface area contributed by atoms with Gasteiger partial charge in [0.25, 0.3) is 0 Å². The van der Waals surface area contributed by atoms with E-state index in [0.717, 1.165) is 10.9 Å². The van der Waals surface area contributed by atoms with Crippen LogP contribution in [-0.2, 0) is 0 Å². The fourth-order valence-electron chi connectivity index (χ4n) is 1.32. The van der Waals surface area contributed by atoms with Gasteiger partial charge in [0, 0.05) is 17.3 Å². The Kier molecular flexibility index (Phi) is 4.56. The van der Waals surface area contributed by atoms with Gasteiger partial charge in [-0.2, -0.15) is 5.10 Å². The number of aliphatic hydroxyl groups is 1. The van der Waals surface area contributed by atoms with Gasteiger partial charge in [-0.3, -0.25) is 5.10 Å². The van der Waals surface area contributed by atoms with Crippen molar-refractivity contribution >= 4 is 11.8 Å². The van der Waals surface area contributed by atoms with E-state index >= 15 is 0 Å². The minimum absolute atomic E-state index is 0.103. The quantitative estimate of drug-likeness (QED) is 0.626. The summed E-state index contributed by atoms with van der Waals surface area (Å²) in [5, 5.41) is 20.0. The summed E-state index contributed by atoms with van der Waals surface area (Å²) in [5.41, 5.74) is -0.286. The van der Waals surface area contributed by atoms with E-state index in [1.807, 2.05) is 6.92 Å². The van der Waals surface area contributed by atoms with Crippen molar-refractivity contribution in [2.24, 2.45) is 0 Å². The number of thioether (sulfide) groups is 1. The standard InChI is InChI=1S/C9H18N4OS/c1-7(2)12-9(3,4-14)5-15-8-10-6-11-13-8/h6-7,12,14H,4-5H2,1-3H3,(H,10,11,13). The molecular weight excluding hydrogens is 212 g/mol. The maximum atomic E-state index is 9.34. The first-order chi connectivity index (χ1) is 7.06. The van der Waals surface area contributed by atoms with E-state index in [9.17, 15) is 5.11 Å². The second kappa shape index (κ2) is 5.48. The minimum Gasteiger partial charge on any atom is -0.394 e. The fraction of sp³-hybridized carbons (Fsp3) is 0.778. The Bertz CT molecular complexity index is 278. The van der Waals surface area contributed by atoms with Gasteiger partial charge in [0.15, 0.2) is 5.16 Å². The molecule has 0 bridgehead atoms. The van der Waals surface area contributed by atoms with E-state index in [4.69, 9.17) is 0 Å². The molecule has 0 aliphatic rings. The number of nitrogens with zero attached hydrogens (tertiary/aromatic N) is 2. The zero-order valence-electron chi connectivity index (χ0n) is 9.32. The van der Waals surface area contributed by atoms with E-state index in [1.54, 1.807) is 11.8 Å². The second-order valence-electron chi connectivity index (χ2n) is 4.10. The third-order valence-electron chi connectivity index (χ3n) is 1.91. The fourth-order valence-corrected chi connectivity index (χ4v) is 2.19. The molecule has 0 spiro atoms. The molecular formula is C9H18N4OS. The predicted molar refractivity (Wildman–Crippen MR) is 60.9 cm³/mol. The van der Waals surface area contributed by atoms with Gasteiger partial charge in [-0.05, 0) is 6.92 Å². The van der Waals surface area contributed by atoms with Crippen LogP contribution in [0.2, 0.25) is 0 Å². The Morgan fingerprint density at radius 1 is 1.67 bits per heavy atom. The molecule has 0 aromatic carbocycles. The molecule has 0 aliphatic carbocycles. The molecule has 86 valence electrons. The Hall–Kier alpha value is -0.590. The summed E-state index contributed by atoms with van der Waals surface area (Å²) >= 11 is 1.55. The van der Waals surface area contributed by atoms with Gasteiger partial charge in [-0.15, -0.1) is 0 Å². The van der Waals surface area contributed by atoms with E-state index in [-0.39, 0.29) is 12.1 Å². The molecule has 1 rings (SSSR count). The zero-order valence-corrected chi connectivity index (χ0v) is 10.1. The summed E-state index contributed by atoms with van der Waals surface area (Å²) in [6, 6.07) is 0.345. The number of aromatic amines is 1. The van der Waals surface area contributed by atoms with Crippen LogP contribution < -0.4 is 5.32 Å². The largest absolute Gasteiger partial charge is 0.394 e. The van der Waals surface area contributed by atoms with Crippen molar-refractivity contribution in [3.05, 3.63) is 6.33 Å². The smallest absolute Gasteiger partial charge is 0.183 e. The number of hydrogen-bond acceptors (Lipinski definition) is 5. The van der Waals surface area contributed by atoms with Gasteiger partial charge in [-0.25, -0.2) is 4.98 Å². The lowest BCUT2D eigenvalue weighted by molar-refractivity contribution is 0.183. The van der Waals surface area contributed by atoms with Crippen molar-refractivity contribution < 1.29 is 5.11 Å². The van der Waals surface area contributed by atoms with Gasteiger partial charge in [0.1, 0.15) is 6.33 Å². The summed E-state index contributed by atoms with van der Waals surface area (Å²) in [4.78, 5) is 4.02. The van der Waals surface area contributed by atoms with Crippen LogP contribution in [0.5, 0.6) is 0 Å². The minimum atomic E-state index is -0.286. The van der Waals surface area contributed by atoms with Crippen LogP contribution in [0.25, 0.3) is 0 Å². The molecule has 5 nitrogen and oxygen atoms in total.